The summed E-state index contributed by atoms with van der Waals surface area (Å²) in [6.45, 7) is 0. The van der Waals surface area contributed by atoms with E-state index in [2.05, 4.69) is 0 Å². The van der Waals surface area contributed by atoms with Gasteiger partial charge in [0.2, 0.25) is 0 Å². The van der Waals surface area contributed by atoms with Crippen LogP contribution in [0, 0.1) is 0 Å². The Labute approximate surface area is 249 Å². The van der Waals surface area contributed by atoms with E-state index in [4.69, 9.17) is 32.7 Å². The predicted octanol–water partition coefficient (Wildman–Crippen LogP) is 7.75. The molecule has 0 fully saturated rings. The second kappa shape index (κ2) is 13.3. The van der Waals surface area contributed by atoms with Crippen LogP contribution in [-0.4, -0.2) is 34.2 Å². The molecule has 4 rings (SSSR count). The van der Waals surface area contributed by atoms with Crippen LogP contribution in [0.25, 0.3) is 0 Å². The Morgan fingerprint density at radius 1 is 0.585 bits per heavy atom. The molecule has 41 heavy (non-hydrogen) atoms. The maximum atomic E-state index is 14.6. The third-order valence-electron chi connectivity index (χ3n) is 6.84. The Balaban J connectivity index is 1.79. The fourth-order valence-electron chi connectivity index (χ4n) is 4.53. The van der Waals surface area contributed by atoms with Crippen LogP contribution in [-0.2, 0) is 9.84 Å². The minimum Gasteiger partial charge on any atom is -0.497 e. The van der Waals surface area contributed by atoms with Crippen molar-refractivity contribution in [1.29, 1.82) is 0 Å². The third kappa shape index (κ3) is 7.36. The molecule has 0 amide bonds. The molecule has 0 saturated heterocycles. The van der Waals surface area contributed by atoms with Crippen LogP contribution in [0.2, 0.25) is 10.0 Å². The average molecular weight is 612 g/mol. The first-order chi connectivity index (χ1) is 19.6. The summed E-state index contributed by atoms with van der Waals surface area (Å²) in [5.74, 6) is 0.337. The van der Waals surface area contributed by atoms with Gasteiger partial charge in [0.25, 0.3) is 0 Å². The number of hydrogen-bond donors (Lipinski definition) is 0. The van der Waals surface area contributed by atoms with E-state index < -0.39 is 20.3 Å². The number of halogens is 2. The van der Waals surface area contributed by atoms with Crippen LogP contribution in [0.15, 0.2) is 97.1 Å². The summed E-state index contributed by atoms with van der Waals surface area (Å²) in [6.07, 6.45) is -0.670. The number of carbonyl (C=O) groups excluding carboxylic acids is 2. The molecule has 2 unspecified atom stereocenters. The highest BCUT2D eigenvalue weighted by Crippen LogP contribution is 2.40. The number of ether oxygens (including phenoxy) is 2. The van der Waals surface area contributed by atoms with Gasteiger partial charge in [0.05, 0.1) is 24.7 Å². The van der Waals surface area contributed by atoms with Crippen LogP contribution in [0.1, 0.15) is 55.2 Å². The van der Waals surface area contributed by atoms with Gasteiger partial charge in [0.15, 0.2) is 21.4 Å². The van der Waals surface area contributed by atoms with Crippen molar-refractivity contribution in [2.75, 3.05) is 14.2 Å². The molecule has 6 nitrogen and oxygen atoms in total. The molecule has 0 heterocycles. The second-order valence-corrected chi connectivity index (χ2v) is 12.6. The van der Waals surface area contributed by atoms with Gasteiger partial charge in [-0.1, -0.05) is 47.5 Å². The van der Waals surface area contributed by atoms with Crippen molar-refractivity contribution in [3.05, 3.63) is 129 Å². The van der Waals surface area contributed by atoms with E-state index in [9.17, 15) is 18.0 Å². The average Bonchev–Trinajstić information content (AvgIpc) is 2.99. The Bertz CT molecular complexity index is 1480. The monoisotopic (exact) mass is 610 g/mol. The minimum atomic E-state index is -4.21. The summed E-state index contributed by atoms with van der Waals surface area (Å²) in [4.78, 5) is 26.8. The summed E-state index contributed by atoms with van der Waals surface area (Å²) in [5, 5.41) is -1.58. The molecule has 0 spiro atoms. The minimum absolute atomic E-state index is 0.335. The van der Waals surface area contributed by atoms with Gasteiger partial charge in [-0.2, -0.15) is 0 Å². The van der Waals surface area contributed by atoms with Crippen LogP contribution >= 0.6 is 23.2 Å². The fraction of sp³-hybridized carbons (Fsp3) is 0.188. The topological polar surface area (TPSA) is 86.7 Å². The van der Waals surface area contributed by atoms with E-state index in [1.54, 1.807) is 97.1 Å². The number of ketones is 2. The quantitative estimate of drug-likeness (QED) is 0.152. The summed E-state index contributed by atoms with van der Waals surface area (Å²) < 4.78 is 39.6. The zero-order valence-electron chi connectivity index (χ0n) is 22.4. The van der Waals surface area contributed by atoms with Gasteiger partial charge in [-0.3, -0.25) is 9.59 Å². The van der Waals surface area contributed by atoms with Crippen molar-refractivity contribution in [2.24, 2.45) is 0 Å². The molecular weight excluding hydrogens is 583 g/mol. The number of methoxy groups -OCH3 is 2. The standard InChI is InChI=1S/C32H28Cl2O6S/c1-39-27-15-7-23(8-16-27)31(19-29(35)21-3-11-25(33)12-4-21)41(37,38)32(24-9-17-28(40-2)18-10-24)20-30(36)22-5-13-26(34)14-6-22/h3-18,31-32H,19-20H2,1-2H3. The van der Waals surface area contributed by atoms with Crippen molar-refractivity contribution in [3.8, 4) is 11.5 Å². The Morgan fingerprint density at radius 3 is 1.20 bits per heavy atom. The first-order valence-corrected chi connectivity index (χ1v) is 15.1. The number of sulfone groups is 1. The van der Waals surface area contributed by atoms with Gasteiger partial charge >= 0.3 is 0 Å². The van der Waals surface area contributed by atoms with Gasteiger partial charge in [-0.25, -0.2) is 8.42 Å². The molecule has 0 bridgehead atoms. The first kappa shape index (κ1) is 30.3. The third-order valence-corrected chi connectivity index (χ3v) is 9.81. The molecule has 0 aromatic heterocycles. The lowest BCUT2D eigenvalue weighted by atomic mass is 10.0. The molecule has 0 saturated carbocycles. The van der Waals surface area contributed by atoms with Crippen molar-refractivity contribution in [3.63, 3.8) is 0 Å². The predicted molar refractivity (Wildman–Crippen MR) is 161 cm³/mol. The normalized spacial score (nSPS) is 12.8. The number of benzene rings is 4. The number of Topliss-reactive ketones (excluding diaryl/α,β-unsaturated/α-hetero) is 2. The van der Waals surface area contributed by atoms with Crippen LogP contribution < -0.4 is 9.47 Å². The zero-order valence-corrected chi connectivity index (χ0v) is 24.7. The lowest BCUT2D eigenvalue weighted by molar-refractivity contribution is 0.0976. The van der Waals surface area contributed by atoms with Gasteiger partial charge in [0, 0.05) is 34.0 Å². The number of carbonyl (C=O) groups is 2. The molecule has 212 valence electrons. The van der Waals surface area contributed by atoms with Gasteiger partial charge in [-0.15, -0.1) is 0 Å². The van der Waals surface area contributed by atoms with E-state index in [0.29, 0.717) is 43.8 Å². The Kier molecular flexibility index (Phi) is 9.86. The van der Waals surface area contributed by atoms with Crippen molar-refractivity contribution in [1.82, 2.24) is 0 Å². The maximum absolute atomic E-state index is 14.6. The number of rotatable bonds is 12. The van der Waals surface area contributed by atoms with Gasteiger partial charge in [0.1, 0.15) is 11.5 Å². The van der Waals surface area contributed by atoms with Crippen LogP contribution in [0.3, 0.4) is 0 Å². The molecule has 0 radical (unpaired) electrons. The highest BCUT2D eigenvalue weighted by Gasteiger charge is 2.39. The number of hydrogen-bond acceptors (Lipinski definition) is 6. The van der Waals surface area contributed by atoms with E-state index in [1.165, 1.54) is 14.2 Å². The summed E-state index contributed by atoms with van der Waals surface area (Å²) in [5.41, 5.74) is 1.49. The van der Waals surface area contributed by atoms with Gasteiger partial charge in [-0.05, 0) is 83.9 Å². The van der Waals surface area contributed by atoms with Crippen molar-refractivity contribution in [2.45, 2.75) is 23.3 Å². The molecular formula is C32H28Cl2O6S. The van der Waals surface area contributed by atoms with Crippen molar-refractivity contribution >= 4 is 44.6 Å². The molecule has 4 aromatic carbocycles. The van der Waals surface area contributed by atoms with E-state index >= 15 is 0 Å². The largest absolute Gasteiger partial charge is 0.497 e. The molecule has 2 atom stereocenters. The molecule has 4 aromatic rings. The van der Waals surface area contributed by atoms with E-state index in [-0.39, 0.29) is 24.4 Å². The second-order valence-electron chi connectivity index (χ2n) is 9.38. The van der Waals surface area contributed by atoms with E-state index in [0.717, 1.165) is 0 Å². The summed E-state index contributed by atoms with van der Waals surface area (Å²) >= 11 is 12.0. The van der Waals surface area contributed by atoms with Crippen LogP contribution in [0.5, 0.6) is 11.5 Å². The zero-order chi connectivity index (χ0) is 29.6. The lowest BCUT2D eigenvalue weighted by Crippen LogP contribution is -2.25. The molecule has 0 aliphatic rings. The smallest absolute Gasteiger partial charge is 0.165 e. The molecule has 0 aliphatic heterocycles. The van der Waals surface area contributed by atoms with Crippen LogP contribution in [0.4, 0.5) is 0 Å². The van der Waals surface area contributed by atoms with E-state index in [1.807, 2.05) is 0 Å². The van der Waals surface area contributed by atoms with Gasteiger partial charge < -0.3 is 9.47 Å². The highest BCUT2D eigenvalue weighted by atomic mass is 35.5. The Hall–Kier alpha value is -3.65. The maximum Gasteiger partial charge on any atom is 0.165 e. The molecule has 9 heteroatoms. The lowest BCUT2D eigenvalue weighted by Gasteiger charge is -2.25. The Morgan fingerprint density at radius 2 is 0.902 bits per heavy atom. The first-order valence-electron chi connectivity index (χ1n) is 12.7. The SMILES string of the molecule is COc1ccc(C(CC(=O)c2ccc(Cl)cc2)S(=O)(=O)C(CC(=O)c2ccc(Cl)cc2)c2ccc(OC)cc2)cc1. The summed E-state index contributed by atoms with van der Waals surface area (Å²) in [7, 11) is -1.19. The van der Waals surface area contributed by atoms with Crippen molar-refractivity contribution < 1.29 is 27.5 Å². The fourth-order valence-corrected chi connectivity index (χ4v) is 7.02. The highest BCUT2D eigenvalue weighted by molar-refractivity contribution is 7.92. The molecule has 0 aliphatic carbocycles. The summed E-state index contributed by atoms with van der Waals surface area (Å²) in [6, 6.07) is 25.7. The molecule has 0 N–H and O–H groups in total.